The van der Waals surface area contributed by atoms with Crippen LogP contribution in [0.5, 0.6) is 0 Å². The molecule has 0 radical (unpaired) electrons. The second-order valence-electron chi connectivity index (χ2n) is 3.99. The highest BCUT2D eigenvalue weighted by Gasteiger charge is 2.29. The summed E-state index contributed by atoms with van der Waals surface area (Å²) in [5.41, 5.74) is 6.03. The van der Waals surface area contributed by atoms with Gasteiger partial charge in [0.15, 0.2) is 0 Å². The van der Waals surface area contributed by atoms with Gasteiger partial charge in [-0.2, -0.15) is 0 Å². The summed E-state index contributed by atoms with van der Waals surface area (Å²) in [7, 11) is 0. The molecule has 0 bridgehead atoms. The van der Waals surface area contributed by atoms with Crippen molar-refractivity contribution in [1.29, 1.82) is 0 Å². The van der Waals surface area contributed by atoms with Crippen LogP contribution in [0.25, 0.3) is 0 Å². The van der Waals surface area contributed by atoms with E-state index in [0.29, 0.717) is 13.0 Å². The number of nitrogens with zero attached hydrogens (tertiary/aromatic N) is 1. The zero-order valence-electron chi connectivity index (χ0n) is 10.4. The number of esters is 1. The first-order valence-electron chi connectivity index (χ1n) is 5.46. The number of hydrogen-bond acceptors (Lipinski definition) is 6. The van der Waals surface area contributed by atoms with E-state index in [9.17, 15) is 4.79 Å². The zero-order valence-corrected chi connectivity index (χ0v) is 12.0. The summed E-state index contributed by atoms with van der Waals surface area (Å²) in [6.45, 7) is 5.82. The molecule has 0 spiro atoms. The Kier molecular flexibility index (Phi) is 5.42. The third-order valence-corrected chi connectivity index (χ3v) is 4.33. The molecule has 0 fully saturated rings. The van der Waals surface area contributed by atoms with E-state index in [4.69, 9.17) is 10.5 Å². The lowest BCUT2D eigenvalue weighted by molar-refractivity contribution is -0.149. The number of rotatable bonds is 6. The maximum absolute atomic E-state index is 11.5. The molecule has 0 saturated heterocycles. The topological polar surface area (TPSA) is 65.2 Å². The molecule has 1 unspecified atom stereocenters. The molecule has 0 saturated carbocycles. The van der Waals surface area contributed by atoms with Crippen molar-refractivity contribution < 1.29 is 9.53 Å². The van der Waals surface area contributed by atoms with Crippen LogP contribution in [-0.2, 0) is 9.53 Å². The summed E-state index contributed by atoms with van der Waals surface area (Å²) in [4.78, 5) is 15.9. The van der Waals surface area contributed by atoms with Crippen molar-refractivity contribution in [2.45, 2.75) is 37.1 Å². The highest BCUT2D eigenvalue weighted by atomic mass is 32.2. The van der Waals surface area contributed by atoms with Crippen LogP contribution in [0.15, 0.2) is 9.72 Å². The van der Waals surface area contributed by atoms with Crippen LogP contribution in [0.1, 0.15) is 26.0 Å². The average Bonchev–Trinajstić information content (AvgIpc) is 2.64. The lowest BCUT2D eigenvalue weighted by Crippen LogP contribution is -2.46. The third kappa shape index (κ3) is 4.65. The van der Waals surface area contributed by atoms with E-state index in [0.717, 1.165) is 15.8 Å². The summed E-state index contributed by atoms with van der Waals surface area (Å²) in [5.74, 6) is 0.426. The van der Waals surface area contributed by atoms with E-state index >= 15 is 0 Å². The minimum atomic E-state index is -0.907. The second kappa shape index (κ2) is 6.37. The van der Waals surface area contributed by atoms with Crippen molar-refractivity contribution in [1.82, 2.24) is 4.98 Å². The largest absolute Gasteiger partial charge is 0.465 e. The first-order chi connectivity index (χ1) is 7.95. The van der Waals surface area contributed by atoms with Crippen molar-refractivity contribution in [3.8, 4) is 0 Å². The number of carbonyl (C=O) groups is 1. The zero-order chi connectivity index (χ0) is 12.9. The minimum Gasteiger partial charge on any atom is -0.465 e. The van der Waals surface area contributed by atoms with Crippen LogP contribution in [0, 0.1) is 6.92 Å². The van der Waals surface area contributed by atoms with E-state index in [-0.39, 0.29) is 5.97 Å². The highest BCUT2D eigenvalue weighted by molar-refractivity contribution is 8.01. The molecule has 2 N–H and O–H groups in total. The maximum Gasteiger partial charge on any atom is 0.325 e. The minimum absolute atomic E-state index is 0.337. The van der Waals surface area contributed by atoms with Gasteiger partial charge < -0.3 is 10.5 Å². The molecule has 0 aliphatic carbocycles. The summed E-state index contributed by atoms with van der Waals surface area (Å²) in [6, 6.07) is 0. The second-order valence-corrected chi connectivity index (χ2v) is 6.19. The third-order valence-electron chi connectivity index (χ3n) is 2.19. The molecule has 0 aliphatic rings. The number of thioether (sulfide) groups is 1. The van der Waals surface area contributed by atoms with Gasteiger partial charge in [-0.25, -0.2) is 4.98 Å². The number of thiazole rings is 1. The highest BCUT2D eigenvalue weighted by Crippen LogP contribution is 2.24. The van der Waals surface area contributed by atoms with E-state index in [2.05, 4.69) is 4.98 Å². The predicted octanol–water partition coefficient (Wildman–Crippen LogP) is 2.21. The van der Waals surface area contributed by atoms with Crippen LogP contribution in [0.3, 0.4) is 0 Å². The van der Waals surface area contributed by atoms with Gasteiger partial charge in [-0.3, -0.25) is 4.79 Å². The fraction of sp³-hybridized carbons (Fsp3) is 0.636. The molecule has 17 heavy (non-hydrogen) atoms. The van der Waals surface area contributed by atoms with Crippen molar-refractivity contribution in [2.75, 3.05) is 12.4 Å². The van der Waals surface area contributed by atoms with Crippen LogP contribution in [0.2, 0.25) is 0 Å². The van der Waals surface area contributed by atoms with Crippen LogP contribution < -0.4 is 5.73 Å². The van der Waals surface area contributed by atoms with Crippen LogP contribution >= 0.6 is 23.1 Å². The molecule has 96 valence electrons. The van der Waals surface area contributed by atoms with Gasteiger partial charge in [-0.1, -0.05) is 11.8 Å². The maximum atomic E-state index is 11.5. The number of aryl methyl sites for hydroxylation is 1. The SMILES string of the molecule is CCOC(=O)C(C)(N)CCSc1nc(C)cs1. The molecule has 1 rings (SSSR count). The molecule has 6 heteroatoms. The summed E-state index contributed by atoms with van der Waals surface area (Å²) >= 11 is 3.24. The molecule has 1 aromatic heterocycles. The van der Waals surface area contributed by atoms with Gasteiger partial charge in [0.1, 0.15) is 9.88 Å². The monoisotopic (exact) mass is 274 g/mol. The van der Waals surface area contributed by atoms with Crippen LogP contribution in [0.4, 0.5) is 0 Å². The molecule has 4 nitrogen and oxygen atoms in total. The number of ether oxygens (including phenoxy) is 1. The lowest BCUT2D eigenvalue weighted by atomic mass is 10.0. The van der Waals surface area contributed by atoms with Gasteiger partial charge in [0.05, 0.1) is 6.61 Å². The molecule has 1 atom stereocenters. The van der Waals surface area contributed by atoms with E-state index in [1.165, 1.54) is 0 Å². The molecular weight excluding hydrogens is 256 g/mol. The Morgan fingerprint density at radius 1 is 1.71 bits per heavy atom. The number of hydrogen-bond donors (Lipinski definition) is 1. The molecule has 0 aliphatic heterocycles. The van der Waals surface area contributed by atoms with E-state index < -0.39 is 5.54 Å². The first-order valence-corrected chi connectivity index (χ1v) is 7.33. The molecule has 0 amide bonds. The van der Waals surface area contributed by atoms with Gasteiger partial charge in [-0.05, 0) is 27.2 Å². The van der Waals surface area contributed by atoms with Crippen molar-refractivity contribution >= 4 is 29.1 Å². The number of aromatic nitrogens is 1. The summed E-state index contributed by atoms with van der Waals surface area (Å²) < 4.78 is 5.94. The van der Waals surface area contributed by atoms with Gasteiger partial charge in [0.2, 0.25) is 0 Å². The smallest absolute Gasteiger partial charge is 0.325 e. The van der Waals surface area contributed by atoms with Gasteiger partial charge in [0.25, 0.3) is 0 Å². The predicted molar refractivity (Wildman–Crippen MR) is 71.4 cm³/mol. The Hall–Kier alpha value is -0.590. The van der Waals surface area contributed by atoms with E-state index in [1.54, 1.807) is 36.9 Å². The van der Waals surface area contributed by atoms with Gasteiger partial charge >= 0.3 is 5.97 Å². The fourth-order valence-corrected chi connectivity index (χ4v) is 3.24. The average molecular weight is 274 g/mol. The van der Waals surface area contributed by atoms with Gasteiger partial charge in [-0.15, -0.1) is 11.3 Å². The van der Waals surface area contributed by atoms with E-state index in [1.807, 2.05) is 12.3 Å². The molecule has 0 aromatic carbocycles. The Labute approximate surface area is 110 Å². The summed E-state index contributed by atoms with van der Waals surface area (Å²) in [6.07, 6.45) is 0.578. The Balaban J connectivity index is 2.37. The Morgan fingerprint density at radius 2 is 2.41 bits per heavy atom. The molecular formula is C11H18N2O2S2. The van der Waals surface area contributed by atoms with Crippen LogP contribution in [-0.4, -0.2) is 28.9 Å². The van der Waals surface area contributed by atoms with Gasteiger partial charge in [0, 0.05) is 16.8 Å². The molecule has 1 heterocycles. The lowest BCUT2D eigenvalue weighted by Gasteiger charge is -2.21. The van der Waals surface area contributed by atoms with Crippen molar-refractivity contribution in [2.24, 2.45) is 5.73 Å². The number of nitrogens with two attached hydrogens (primary N) is 1. The fourth-order valence-electron chi connectivity index (χ4n) is 1.15. The standard InChI is InChI=1S/C11H18N2O2S2/c1-4-15-9(14)11(3,12)5-6-16-10-13-8(2)7-17-10/h7H,4-6,12H2,1-3H3. The Bertz CT molecular complexity index is 377. The summed E-state index contributed by atoms with van der Waals surface area (Å²) in [5, 5.41) is 2.01. The Morgan fingerprint density at radius 3 is 2.94 bits per heavy atom. The molecule has 1 aromatic rings. The van der Waals surface area contributed by atoms with Crippen molar-refractivity contribution in [3.05, 3.63) is 11.1 Å². The normalized spacial score (nSPS) is 14.4. The van der Waals surface area contributed by atoms with Crippen molar-refractivity contribution in [3.63, 3.8) is 0 Å². The number of carbonyl (C=O) groups excluding carboxylic acids is 1. The first kappa shape index (κ1) is 14.5. The quantitative estimate of drug-likeness (QED) is 0.636.